The molecule has 1 N–H and O–H groups in total. The first-order chi connectivity index (χ1) is 9.29. The van der Waals surface area contributed by atoms with Gasteiger partial charge >= 0.3 is 6.18 Å². The molecule has 2 aromatic carbocycles. The summed E-state index contributed by atoms with van der Waals surface area (Å²) in [6.07, 6.45) is -5.35. The summed E-state index contributed by atoms with van der Waals surface area (Å²) < 4.78 is 37.4. The zero-order valence-electron chi connectivity index (χ0n) is 10.6. The van der Waals surface area contributed by atoms with Gasteiger partial charge < -0.3 is 5.11 Å². The van der Waals surface area contributed by atoms with Crippen LogP contribution < -0.4 is 0 Å². The fourth-order valence-corrected chi connectivity index (χ4v) is 2.00. The fraction of sp³-hybridized carbons (Fsp3) is 0.200. The number of aliphatic hydroxyl groups excluding tert-OH is 1. The van der Waals surface area contributed by atoms with E-state index in [1.807, 2.05) is 0 Å². The van der Waals surface area contributed by atoms with Crippen LogP contribution in [0.5, 0.6) is 0 Å². The van der Waals surface area contributed by atoms with E-state index in [2.05, 4.69) is 0 Å². The fourth-order valence-electron chi connectivity index (χ4n) is 1.88. The Morgan fingerprint density at radius 2 is 1.55 bits per heavy atom. The first kappa shape index (κ1) is 14.9. The molecule has 0 aromatic heterocycles. The molecule has 0 amide bonds. The van der Waals surface area contributed by atoms with Crippen LogP contribution >= 0.6 is 11.6 Å². The van der Waals surface area contributed by atoms with E-state index < -0.39 is 17.8 Å². The Morgan fingerprint density at radius 3 is 2.05 bits per heavy atom. The van der Waals surface area contributed by atoms with E-state index in [0.717, 1.165) is 17.7 Å². The van der Waals surface area contributed by atoms with Gasteiger partial charge in [0.15, 0.2) is 0 Å². The molecular formula is C15H12ClF3O. The second-order valence-electron chi connectivity index (χ2n) is 4.53. The molecule has 20 heavy (non-hydrogen) atoms. The van der Waals surface area contributed by atoms with Crippen molar-refractivity contribution >= 4 is 11.6 Å². The molecule has 0 bridgehead atoms. The van der Waals surface area contributed by atoms with Gasteiger partial charge in [-0.2, -0.15) is 13.2 Å². The average Bonchev–Trinajstić information content (AvgIpc) is 2.40. The van der Waals surface area contributed by atoms with Crippen LogP contribution in [0.4, 0.5) is 13.2 Å². The van der Waals surface area contributed by atoms with Crippen molar-refractivity contribution in [3.05, 3.63) is 69.7 Å². The third kappa shape index (κ3) is 3.14. The largest absolute Gasteiger partial charge is 0.416 e. The van der Waals surface area contributed by atoms with E-state index in [1.165, 1.54) is 12.1 Å². The third-order valence-corrected chi connectivity index (χ3v) is 3.48. The molecule has 1 nitrogen and oxygen atoms in total. The number of alkyl halides is 3. The lowest BCUT2D eigenvalue weighted by Crippen LogP contribution is -2.06. The maximum atomic E-state index is 12.5. The molecule has 5 heteroatoms. The SMILES string of the molecule is Cc1cc(C(O)c2ccc(C(F)(F)F)cc2)ccc1Cl. The first-order valence-corrected chi connectivity index (χ1v) is 6.28. The smallest absolute Gasteiger partial charge is 0.384 e. The highest BCUT2D eigenvalue weighted by Gasteiger charge is 2.30. The number of aliphatic hydroxyl groups is 1. The molecule has 0 fully saturated rings. The summed E-state index contributed by atoms with van der Waals surface area (Å²) >= 11 is 5.90. The zero-order valence-corrected chi connectivity index (χ0v) is 11.3. The molecule has 0 aliphatic carbocycles. The van der Waals surface area contributed by atoms with E-state index >= 15 is 0 Å². The highest BCUT2D eigenvalue weighted by atomic mass is 35.5. The number of rotatable bonds is 2. The van der Waals surface area contributed by atoms with Gasteiger partial charge in [0.1, 0.15) is 6.10 Å². The average molecular weight is 301 g/mol. The van der Waals surface area contributed by atoms with Gasteiger partial charge in [0.25, 0.3) is 0 Å². The van der Waals surface area contributed by atoms with E-state index in [-0.39, 0.29) is 0 Å². The standard InChI is InChI=1S/C15H12ClF3O/c1-9-8-11(4-7-13(9)16)14(20)10-2-5-12(6-3-10)15(17,18)19/h2-8,14,20H,1H3. The molecule has 0 saturated carbocycles. The van der Waals surface area contributed by atoms with Gasteiger partial charge in [0.2, 0.25) is 0 Å². The third-order valence-electron chi connectivity index (χ3n) is 3.05. The minimum Gasteiger partial charge on any atom is -0.384 e. The van der Waals surface area contributed by atoms with Gasteiger partial charge in [-0.25, -0.2) is 0 Å². The Hall–Kier alpha value is -1.52. The van der Waals surface area contributed by atoms with Crippen LogP contribution in [-0.2, 0) is 6.18 Å². The lowest BCUT2D eigenvalue weighted by molar-refractivity contribution is -0.137. The van der Waals surface area contributed by atoms with Crippen LogP contribution in [0, 0.1) is 6.92 Å². The summed E-state index contributed by atoms with van der Waals surface area (Å²) in [6.45, 7) is 1.80. The summed E-state index contributed by atoms with van der Waals surface area (Å²) in [5.74, 6) is 0. The minimum absolute atomic E-state index is 0.403. The van der Waals surface area contributed by atoms with Gasteiger partial charge in [-0.1, -0.05) is 35.9 Å². The van der Waals surface area contributed by atoms with Crippen molar-refractivity contribution in [3.8, 4) is 0 Å². The lowest BCUT2D eigenvalue weighted by atomic mass is 9.99. The monoisotopic (exact) mass is 300 g/mol. The second-order valence-corrected chi connectivity index (χ2v) is 4.94. The number of halogens is 4. The summed E-state index contributed by atoms with van der Waals surface area (Å²) in [7, 11) is 0. The Labute approximate surface area is 119 Å². The second kappa shape index (κ2) is 5.46. The lowest BCUT2D eigenvalue weighted by Gasteiger charge is -2.14. The van der Waals surface area contributed by atoms with E-state index in [9.17, 15) is 18.3 Å². The van der Waals surface area contributed by atoms with E-state index in [0.29, 0.717) is 16.1 Å². The highest BCUT2D eigenvalue weighted by Crippen LogP contribution is 2.31. The van der Waals surface area contributed by atoms with Crippen LogP contribution in [0.25, 0.3) is 0 Å². The predicted molar refractivity (Wildman–Crippen MR) is 71.7 cm³/mol. The quantitative estimate of drug-likeness (QED) is 0.848. The zero-order chi connectivity index (χ0) is 14.9. The molecule has 106 valence electrons. The maximum absolute atomic E-state index is 12.5. The molecule has 0 aliphatic heterocycles. The highest BCUT2D eigenvalue weighted by molar-refractivity contribution is 6.31. The van der Waals surface area contributed by atoms with Gasteiger partial charge in [-0.05, 0) is 41.8 Å². The Kier molecular flexibility index (Phi) is 4.06. The van der Waals surface area contributed by atoms with Crippen molar-refractivity contribution in [2.45, 2.75) is 19.2 Å². The van der Waals surface area contributed by atoms with Crippen molar-refractivity contribution in [2.24, 2.45) is 0 Å². The van der Waals surface area contributed by atoms with Gasteiger partial charge in [0, 0.05) is 5.02 Å². The molecule has 0 spiro atoms. The molecule has 2 rings (SSSR count). The normalized spacial score (nSPS) is 13.3. The van der Waals surface area contributed by atoms with Crippen LogP contribution in [0.15, 0.2) is 42.5 Å². The van der Waals surface area contributed by atoms with Crippen LogP contribution in [-0.4, -0.2) is 5.11 Å². The Morgan fingerprint density at radius 1 is 1.00 bits per heavy atom. The maximum Gasteiger partial charge on any atom is 0.416 e. The number of benzene rings is 2. The summed E-state index contributed by atoms with van der Waals surface area (Å²) in [4.78, 5) is 0. The van der Waals surface area contributed by atoms with Crippen LogP contribution in [0.2, 0.25) is 5.02 Å². The van der Waals surface area contributed by atoms with Gasteiger partial charge in [-0.3, -0.25) is 0 Å². The number of hydrogen-bond acceptors (Lipinski definition) is 1. The molecule has 0 aliphatic rings. The molecule has 1 atom stereocenters. The van der Waals surface area contributed by atoms with Crippen LogP contribution in [0.3, 0.4) is 0 Å². The first-order valence-electron chi connectivity index (χ1n) is 5.90. The van der Waals surface area contributed by atoms with Crippen molar-refractivity contribution in [1.29, 1.82) is 0 Å². The summed E-state index contributed by atoms with van der Waals surface area (Å²) in [5, 5.41) is 10.8. The molecule has 2 aromatic rings. The molecule has 0 radical (unpaired) electrons. The molecule has 1 unspecified atom stereocenters. The predicted octanol–water partition coefficient (Wildman–Crippen LogP) is 4.75. The Balaban J connectivity index is 2.29. The summed E-state index contributed by atoms with van der Waals surface area (Å²) in [5.41, 5.74) is 1.06. The van der Waals surface area contributed by atoms with Crippen molar-refractivity contribution in [2.75, 3.05) is 0 Å². The van der Waals surface area contributed by atoms with Crippen molar-refractivity contribution < 1.29 is 18.3 Å². The minimum atomic E-state index is -4.37. The Bertz CT molecular complexity index is 606. The van der Waals surface area contributed by atoms with Crippen LogP contribution in [0.1, 0.15) is 28.4 Å². The topological polar surface area (TPSA) is 20.2 Å². The van der Waals surface area contributed by atoms with Gasteiger partial charge in [0.05, 0.1) is 5.56 Å². The van der Waals surface area contributed by atoms with Crippen molar-refractivity contribution in [1.82, 2.24) is 0 Å². The number of aryl methyl sites for hydroxylation is 1. The van der Waals surface area contributed by atoms with E-state index in [4.69, 9.17) is 11.6 Å². The molecular weight excluding hydrogens is 289 g/mol. The summed E-state index contributed by atoms with van der Waals surface area (Å²) in [6, 6.07) is 9.49. The molecule has 0 saturated heterocycles. The van der Waals surface area contributed by atoms with Crippen molar-refractivity contribution in [3.63, 3.8) is 0 Å². The molecule has 0 heterocycles. The van der Waals surface area contributed by atoms with Gasteiger partial charge in [-0.15, -0.1) is 0 Å². The number of hydrogen-bond donors (Lipinski definition) is 1. The van der Waals surface area contributed by atoms with E-state index in [1.54, 1.807) is 25.1 Å².